The van der Waals surface area contributed by atoms with Crippen LogP contribution in [0.25, 0.3) is 11.1 Å². The molecule has 39 heavy (non-hydrogen) atoms. The fourth-order valence-corrected chi connectivity index (χ4v) is 4.70. The zero-order chi connectivity index (χ0) is 27.7. The number of aromatic nitrogens is 5. The predicted molar refractivity (Wildman–Crippen MR) is 141 cm³/mol. The van der Waals surface area contributed by atoms with Gasteiger partial charge >= 0.3 is 0 Å². The van der Waals surface area contributed by atoms with E-state index < -0.39 is 28.6 Å². The quantitative estimate of drug-likeness (QED) is 0.257. The number of rotatable bonds is 6. The van der Waals surface area contributed by atoms with E-state index in [0.717, 1.165) is 23.2 Å². The average molecular weight is 537 g/mol. The van der Waals surface area contributed by atoms with Gasteiger partial charge in [0, 0.05) is 92.4 Å². The van der Waals surface area contributed by atoms with Crippen LogP contribution in [0, 0.1) is 22.9 Å². The molecule has 1 aliphatic rings. The standard InChI is InChI=1S/C26H27F3N10/c1-26(31,23-20(28)8-19(27)9-21(23)29)18-12-33-25(34-13-18)39-5-3-38(4-6-39)24(35-15-30)22-7-16(10-32-22)17-11-36-37(2)14-17/h7-15,30,32H,3-6,31H2,1-2H3/t26-/m1/s1. The summed E-state index contributed by atoms with van der Waals surface area (Å²) >= 11 is 0. The summed E-state index contributed by atoms with van der Waals surface area (Å²) in [7, 11) is 1.86. The molecule has 1 aromatic carbocycles. The minimum Gasteiger partial charge on any atom is -0.358 e. The van der Waals surface area contributed by atoms with Crippen molar-refractivity contribution in [3.63, 3.8) is 0 Å². The maximum Gasteiger partial charge on any atom is 0.225 e. The van der Waals surface area contributed by atoms with Crippen molar-refractivity contribution in [1.29, 1.82) is 5.41 Å². The van der Waals surface area contributed by atoms with Gasteiger partial charge in [0.1, 0.15) is 23.8 Å². The molecule has 4 aromatic rings. The normalized spacial score (nSPS) is 15.9. The van der Waals surface area contributed by atoms with Gasteiger partial charge in [-0.15, -0.1) is 0 Å². The molecule has 0 bridgehead atoms. The molecule has 0 unspecified atom stereocenters. The maximum atomic E-state index is 14.4. The predicted octanol–water partition coefficient (Wildman–Crippen LogP) is 3.02. The third-order valence-corrected chi connectivity index (χ3v) is 6.78. The number of aliphatic imine (C=N–C) groups is 1. The van der Waals surface area contributed by atoms with Crippen LogP contribution in [0.4, 0.5) is 19.1 Å². The van der Waals surface area contributed by atoms with Crippen molar-refractivity contribution >= 4 is 18.1 Å². The number of H-pyrrole nitrogens is 1. The highest BCUT2D eigenvalue weighted by Crippen LogP contribution is 2.31. The number of nitrogens with one attached hydrogen (secondary N) is 2. The van der Waals surface area contributed by atoms with Gasteiger partial charge in [-0.2, -0.15) is 5.10 Å². The molecule has 4 heterocycles. The molecule has 1 aliphatic heterocycles. The van der Waals surface area contributed by atoms with Crippen LogP contribution in [-0.2, 0) is 12.6 Å². The van der Waals surface area contributed by atoms with Crippen LogP contribution >= 0.6 is 0 Å². The number of hydrogen-bond donors (Lipinski definition) is 3. The van der Waals surface area contributed by atoms with Crippen LogP contribution in [0.3, 0.4) is 0 Å². The molecular weight excluding hydrogens is 509 g/mol. The first-order valence-electron chi connectivity index (χ1n) is 12.2. The van der Waals surface area contributed by atoms with E-state index in [4.69, 9.17) is 11.1 Å². The number of benzene rings is 1. The lowest BCUT2D eigenvalue weighted by molar-refractivity contribution is 0.383. The zero-order valence-electron chi connectivity index (χ0n) is 21.4. The number of nitrogens with two attached hydrogens (primary N) is 1. The third-order valence-electron chi connectivity index (χ3n) is 6.78. The topological polar surface area (TPSA) is 128 Å². The van der Waals surface area contributed by atoms with Gasteiger partial charge < -0.3 is 20.5 Å². The number of hydrogen-bond acceptors (Lipinski definition) is 6. The van der Waals surface area contributed by atoms with Gasteiger partial charge in [-0.1, -0.05) is 0 Å². The van der Waals surface area contributed by atoms with Gasteiger partial charge in [0.05, 0.1) is 17.4 Å². The van der Waals surface area contributed by atoms with Crippen LogP contribution in [0.1, 0.15) is 23.7 Å². The molecule has 1 saturated heterocycles. The van der Waals surface area contributed by atoms with Crippen molar-refractivity contribution < 1.29 is 13.2 Å². The first-order valence-corrected chi connectivity index (χ1v) is 12.2. The summed E-state index contributed by atoms with van der Waals surface area (Å²) in [5.41, 5.74) is 7.22. The van der Waals surface area contributed by atoms with Gasteiger partial charge in [-0.3, -0.25) is 10.1 Å². The number of piperazine rings is 1. The van der Waals surface area contributed by atoms with Crippen LogP contribution in [0.5, 0.6) is 0 Å². The molecule has 4 N–H and O–H groups in total. The minimum atomic E-state index is -1.61. The van der Waals surface area contributed by atoms with Crippen molar-refractivity contribution in [3.05, 3.63) is 83.5 Å². The smallest absolute Gasteiger partial charge is 0.225 e. The summed E-state index contributed by atoms with van der Waals surface area (Å²) < 4.78 is 43.9. The summed E-state index contributed by atoms with van der Waals surface area (Å²) in [6.07, 6.45) is 9.46. The first kappa shape index (κ1) is 26.1. The lowest BCUT2D eigenvalue weighted by atomic mass is 9.86. The molecule has 202 valence electrons. The Labute approximate surface area is 222 Å². The van der Waals surface area contributed by atoms with E-state index in [-0.39, 0.29) is 5.56 Å². The fourth-order valence-electron chi connectivity index (χ4n) is 4.70. The molecule has 1 fully saturated rings. The molecule has 0 saturated carbocycles. The maximum absolute atomic E-state index is 14.4. The van der Waals surface area contributed by atoms with Gasteiger partial charge in [-0.25, -0.2) is 28.1 Å². The Morgan fingerprint density at radius 1 is 1.05 bits per heavy atom. The molecular formula is C26H27F3N10. The van der Waals surface area contributed by atoms with Crippen molar-refractivity contribution in [2.75, 3.05) is 31.1 Å². The van der Waals surface area contributed by atoms with Crippen LogP contribution in [-0.4, -0.2) is 68.0 Å². The number of nitrogens with zero attached hydrogens (tertiary/aromatic N) is 7. The second-order valence-corrected chi connectivity index (χ2v) is 9.48. The third kappa shape index (κ3) is 5.12. The lowest BCUT2D eigenvalue weighted by Crippen LogP contribution is -2.49. The van der Waals surface area contributed by atoms with E-state index in [1.165, 1.54) is 19.3 Å². The zero-order valence-corrected chi connectivity index (χ0v) is 21.4. The molecule has 0 radical (unpaired) electrons. The number of halogens is 3. The monoisotopic (exact) mass is 536 g/mol. The van der Waals surface area contributed by atoms with Crippen molar-refractivity contribution in [1.82, 2.24) is 29.6 Å². The number of aryl methyl sites for hydroxylation is 1. The highest BCUT2D eigenvalue weighted by molar-refractivity contribution is 6.01. The van der Waals surface area contributed by atoms with E-state index in [0.29, 0.717) is 50.1 Å². The van der Waals surface area contributed by atoms with Crippen LogP contribution < -0.4 is 10.6 Å². The van der Waals surface area contributed by atoms with Crippen LogP contribution in [0.15, 0.2) is 54.2 Å². The largest absolute Gasteiger partial charge is 0.358 e. The van der Waals surface area contributed by atoms with E-state index in [1.807, 2.05) is 30.4 Å². The lowest BCUT2D eigenvalue weighted by Gasteiger charge is -2.36. The van der Waals surface area contributed by atoms with E-state index in [9.17, 15) is 13.2 Å². The Kier molecular flexibility index (Phi) is 6.91. The molecule has 1 atom stereocenters. The Balaban J connectivity index is 1.28. The minimum absolute atomic E-state index is 0.283. The highest BCUT2D eigenvalue weighted by atomic mass is 19.1. The van der Waals surface area contributed by atoms with Crippen LogP contribution in [0.2, 0.25) is 0 Å². The molecule has 0 aliphatic carbocycles. The molecule has 3 aromatic heterocycles. The van der Waals surface area contributed by atoms with Crippen molar-refractivity contribution in [2.45, 2.75) is 12.5 Å². The number of anilines is 1. The van der Waals surface area contributed by atoms with Gasteiger partial charge in [0.2, 0.25) is 5.95 Å². The second-order valence-electron chi connectivity index (χ2n) is 9.48. The summed E-state index contributed by atoms with van der Waals surface area (Å²) in [4.78, 5) is 20.4. The Bertz CT molecular complexity index is 1490. The van der Waals surface area contributed by atoms with Crippen molar-refractivity contribution in [2.24, 2.45) is 17.8 Å². The molecule has 0 spiro atoms. The SMILES string of the molecule is Cn1cc(-c2c[nH]c(C(=NC=N)N3CCN(c4ncc([C@@](C)(N)c5c(F)cc(F)cc5F)cn4)CC3)c2)cn1. The van der Waals surface area contributed by atoms with E-state index >= 15 is 0 Å². The van der Waals surface area contributed by atoms with E-state index in [1.54, 1.807) is 10.9 Å². The highest BCUT2D eigenvalue weighted by Gasteiger charge is 2.32. The summed E-state index contributed by atoms with van der Waals surface area (Å²) in [5.74, 6) is -2.07. The van der Waals surface area contributed by atoms with Gasteiger partial charge in [0.25, 0.3) is 0 Å². The second kappa shape index (κ2) is 10.3. The Morgan fingerprint density at radius 2 is 1.72 bits per heavy atom. The summed E-state index contributed by atoms with van der Waals surface area (Å²) in [6, 6.07) is 3.17. The van der Waals surface area contributed by atoms with E-state index in [2.05, 4.69) is 29.9 Å². The molecule has 0 amide bonds. The number of amidine groups is 1. The van der Waals surface area contributed by atoms with Crippen molar-refractivity contribution in [3.8, 4) is 11.1 Å². The van der Waals surface area contributed by atoms with Gasteiger partial charge in [0.15, 0.2) is 5.84 Å². The fraction of sp³-hybridized carbons (Fsp3) is 0.269. The molecule has 13 heteroatoms. The first-order chi connectivity index (χ1) is 18.7. The Morgan fingerprint density at radius 3 is 2.31 bits per heavy atom. The summed E-state index contributed by atoms with van der Waals surface area (Å²) in [6.45, 7) is 3.77. The molecule has 10 nitrogen and oxygen atoms in total. The van der Waals surface area contributed by atoms with Gasteiger partial charge in [-0.05, 0) is 13.0 Å². The average Bonchev–Trinajstić information content (AvgIpc) is 3.56. The Hall–Kier alpha value is -4.52. The molecule has 5 rings (SSSR count). The summed E-state index contributed by atoms with van der Waals surface area (Å²) in [5, 5.41) is 11.8. The number of aromatic amines is 1.